The highest BCUT2D eigenvalue weighted by atomic mass is 35.5. The molecular formula is C12H17ClO3. The summed E-state index contributed by atoms with van der Waals surface area (Å²) in [5, 5.41) is 0. The molecule has 0 N–H and O–H groups in total. The van der Waals surface area contributed by atoms with Gasteiger partial charge in [-0.3, -0.25) is 0 Å². The second kappa shape index (κ2) is 6.21. The number of alkyl halides is 1. The molecule has 0 radical (unpaired) electrons. The lowest BCUT2D eigenvalue weighted by Crippen LogP contribution is -2.43. The molecule has 1 unspecified atom stereocenters. The number of methoxy groups -OCH3 is 3. The summed E-state index contributed by atoms with van der Waals surface area (Å²) in [5.74, 6) is -0.974. The second-order valence-corrected chi connectivity index (χ2v) is 3.64. The highest BCUT2D eigenvalue weighted by Gasteiger charge is 2.40. The van der Waals surface area contributed by atoms with Crippen LogP contribution in [0, 0.1) is 0 Å². The highest BCUT2D eigenvalue weighted by molar-refractivity contribution is 6.18. The molecule has 3 nitrogen and oxygen atoms in total. The molecule has 0 spiro atoms. The normalized spacial score (nSPS) is 13.8. The predicted octanol–water partition coefficient (Wildman–Crippen LogP) is 2.60. The maximum absolute atomic E-state index is 5.98. The third kappa shape index (κ3) is 2.55. The molecular weight excluding hydrogens is 228 g/mol. The number of benzene rings is 1. The Morgan fingerprint density at radius 3 is 1.94 bits per heavy atom. The van der Waals surface area contributed by atoms with Gasteiger partial charge in [0.15, 0.2) is 0 Å². The van der Waals surface area contributed by atoms with Gasteiger partial charge in [0, 0.05) is 27.2 Å². The topological polar surface area (TPSA) is 27.7 Å². The summed E-state index contributed by atoms with van der Waals surface area (Å²) < 4.78 is 15.9. The Bertz CT molecular complexity index is 290. The van der Waals surface area contributed by atoms with Crippen molar-refractivity contribution in [1.29, 1.82) is 0 Å². The summed E-state index contributed by atoms with van der Waals surface area (Å²) in [7, 11) is 4.61. The fourth-order valence-electron chi connectivity index (χ4n) is 1.75. The Hall–Kier alpha value is -0.610. The van der Waals surface area contributed by atoms with Crippen molar-refractivity contribution in [2.45, 2.75) is 11.9 Å². The third-order valence-electron chi connectivity index (χ3n) is 2.64. The number of ether oxygens (including phenoxy) is 3. The fourth-order valence-corrected chi connectivity index (χ4v) is 2.12. The maximum atomic E-state index is 5.98. The van der Waals surface area contributed by atoms with E-state index in [0.29, 0.717) is 5.88 Å². The van der Waals surface area contributed by atoms with E-state index in [1.165, 1.54) is 21.3 Å². The molecule has 0 amide bonds. The van der Waals surface area contributed by atoms with E-state index in [2.05, 4.69) is 0 Å². The molecule has 0 aromatic heterocycles. The first kappa shape index (κ1) is 13.5. The minimum atomic E-state index is -1.14. The fraction of sp³-hybridized carbons (Fsp3) is 0.500. The second-order valence-electron chi connectivity index (χ2n) is 3.33. The van der Waals surface area contributed by atoms with Gasteiger partial charge in [-0.25, -0.2) is 0 Å². The SMILES string of the molecule is COC(OC)(OC)C(CCl)c1ccccc1. The van der Waals surface area contributed by atoms with Crippen LogP contribution in [0.1, 0.15) is 11.5 Å². The number of hydrogen-bond donors (Lipinski definition) is 0. The lowest BCUT2D eigenvalue weighted by atomic mass is 9.98. The Balaban J connectivity index is 3.05. The molecule has 0 aliphatic rings. The first-order chi connectivity index (χ1) is 7.74. The van der Waals surface area contributed by atoms with Crippen molar-refractivity contribution in [3.05, 3.63) is 35.9 Å². The van der Waals surface area contributed by atoms with Gasteiger partial charge in [0.1, 0.15) is 0 Å². The molecule has 1 aromatic rings. The summed E-state index contributed by atoms with van der Waals surface area (Å²) in [6, 6.07) is 9.78. The van der Waals surface area contributed by atoms with Crippen LogP contribution in [0.25, 0.3) is 0 Å². The highest BCUT2D eigenvalue weighted by Crippen LogP contribution is 2.33. The quantitative estimate of drug-likeness (QED) is 0.569. The molecule has 0 aliphatic heterocycles. The van der Waals surface area contributed by atoms with Crippen molar-refractivity contribution in [3.63, 3.8) is 0 Å². The van der Waals surface area contributed by atoms with Gasteiger partial charge in [0.05, 0.1) is 5.92 Å². The van der Waals surface area contributed by atoms with E-state index < -0.39 is 5.97 Å². The Morgan fingerprint density at radius 1 is 1.06 bits per heavy atom. The largest absolute Gasteiger partial charge is 0.330 e. The smallest absolute Gasteiger partial charge is 0.290 e. The molecule has 0 fully saturated rings. The van der Waals surface area contributed by atoms with Crippen LogP contribution in [0.2, 0.25) is 0 Å². The van der Waals surface area contributed by atoms with Gasteiger partial charge in [-0.15, -0.1) is 11.6 Å². The zero-order chi connectivity index (χ0) is 12.0. The summed E-state index contributed by atoms with van der Waals surface area (Å²) in [6.45, 7) is 0. The van der Waals surface area contributed by atoms with Crippen molar-refractivity contribution >= 4 is 11.6 Å². The van der Waals surface area contributed by atoms with Crippen LogP contribution >= 0.6 is 11.6 Å². The Labute approximate surface area is 101 Å². The van der Waals surface area contributed by atoms with Crippen molar-refractivity contribution in [2.24, 2.45) is 0 Å². The zero-order valence-electron chi connectivity index (χ0n) is 9.77. The standard InChI is InChI=1S/C12H17ClO3/c1-14-12(15-2,16-3)11(9-13)10-7-5-4-6-8-10/h4-8,11H,9H2,1-3H3. The Morgan fingerprint density at radius 2 is 1.56 bits per heavy atom. The molecule has 4 heteroatoms. The first-order valence-corrected chi connectivity index (χ1v) is 5.54. The summed E-state index contributed by atoms with van der Waals surface area (Å²) in [6.07, 6.45) is 0. The zero-order valence-corrected chi connectivity index (χ0v) is 10.5. The summed E-state index contributed by atoms with van der Waals surface area (Å²) in [5.41, 5.74) is 1.02. The van der Waals surface area contributed by atoms with Gasteiger partial charge in [-0.05, 0) is 5.56 Å². The molecule has 0 saturated carbocycles. The van der Waals surface area contributed by atoms with Crippen LogP contribution in [0.4, 0.5) is 0 Å². The lowest BCUT2D eigenvalue weighted by Gasteiger charge is -2.35. The van der Waals surface area contributed by atoms with Gasteiger partial charge in [0.2, 0.25) is 0 Å². The van der Waals surface area contributed by atoms with Crippen LogP contribution in [-0.4, -0.2) is 33.2 Å². The average molecular weight is 245 g/mol. The average Bonchev–Trinajstić information content (AvgIpc) is 2.37. The number of hydrogen-bond acceptors (Lipinski definition) is 3. The van der Waals surface area contributed by atoms with E-state index in [1.54, 1.807) is 0 Å². The molecule has 0 aliphatic carbocycles. The van der Waals surface area contributed by atoms with Crippen LogP contribution in [0.5, 0.6) is 0 Å². The summed E-state index contributed by atoms with van der Waals surface area (Å²) >= 11 is 5.98. The van der Waals surface area contributed by atoms with Crippen LogP contribution in [0.3, 0.4) is 0 Å². The van der Waals surface area contributed by atoms with Crippen molar-refractivity contribution in [2.75, 3.05) is 27.2 Å². The van der Waals surface area contributed by atoms with E-state index in [-0.39, 0.29) is 5.92 Å². The maximum Gasteiger partial charge on any atom is 0.290 e. The first-order valence-electron chi connectivity index (χ1n) is 5.00. The molecule has 0 bridgehead atoms. The van der Waals surface area contributed by atoms with E-state index in [9.17, 15) is 0 Å². The van der Waals surface area contributed by atoms with E-state index >= 15 is 0 Å². The number of rotatable bonds is 6. The van der Waals surface area contributed by atoms with Crippen LogP contribution < -0.4 is 0 Å². The minimum Gasteiger partial charge on any atom is -0.330 e. The predicted molar refractivity (Wildman–Crippen MR) is 63.7 cm³/mol. The molecule has 0 heterocycles. The lowest BCUT2D eigenvalue weighted by molar-refractivity contribution is -0.361. The van der Waals surface area contributed by atoms with Gasteiger partial charge in [-0.1, -0.05) is 30.3 Å². The Kier molecular flexibility index (Phi) is 5.22. The van der Waals surface area contributed by atoms with Crippen LogP contribution in [0.15, 0.2) is 30.3 Å². The third-order valence-corrected chi connectivity index (χ3v) is 2.95. The van der Waals surface area contributed by atoms with Crippen molar-refractivity contribution < 1.29 is 14.2 Å². The molecule has 1 rings (SSSR count). The molecule has 90 valence electrons. The molecule has 0 saturated heterocycles. The van der Waals surface area contributed by atoms with E-state index in [1.807, 2.05) is 30.3 Å². The van der Waals surface area contributed by atoms with Crippen LogP contribution in [-0.2, 0) is 14.2 Å². The number of halogens is 1. The molecule has 1 atom stereocenters. The minimum absolute atomic E-state index is 0.185. The van der Waals surface area contributed by atoms with E-state index in [0.717, 1.165) is 5.56 Å². The van der Waals surface area contributed by atoms with Gasteiger partial charge in [-0.2, -0.15) is 0 Å². The molecule has 1 aromatic carbocycles. The summed E-state index contributed by atoms with van der Waals surface area (Å²) in [4.78, 5) is 0. The van der Waals surface area contributed by atoms with Crippen molar-refractivity contribution in [3.8, 4) is 0 Å². The molecule has 16 heavy (non-hydrogen) atoms. The van der Waals surface area contributed by atoms with Crippen molar-refractivity contribution in [1.82, 2.24) is 0 Å². The monoisotopic (exact) mass is 244 g/mol. The van der Waals surface area contributed by atoms with Gasteiger partial charge in [0.25, 0.3) is 5.97 Å². The van der Waals surface area contributed by atoms with Gasteiger partial charge < -0.3 is 14.2 Å². The van der Waals surface area contributed by atoms with E-state index in [4.69, 9.17) is 25.8 Å². The van der Waals surface area contributed by atoms with Gasteiger partial charge >= 0.3 is 0 Å².